The van der Waals surface area contributed by atoms with Gasteiger partial charge in [0, 0.05) is 18.6 Å². The van der Waals surface area contributed by atoms with E-state index in [0.717, 1.165) is 11.0 Å². The van der Waals surface area contributed by atoms with Gasteiger partial charge in [0.15, 0.2) is 0 Å². The van der Waals surface area contributed by atoms with Crippen molar-refractivity contribution in [2.45, 2.75) is 0 Å². The lowest BCUT2D eigenvalue weighted by Gasteiger charge is -1.97. The molecule has 62 valence electrons. The zero-order valence-electron chi connectivity index (χ0n) is 6.66. The van der Waals surface area contributed by atoms with Crippen molar-refractivity contribution in [3.63, 3.8) is 0 Å². The molecule has 2 aromatic rings. The molecule has 0 aliphatic rings. The molecule has 0 amide bonds. The fraction of sp³-hybridized carbons (Fsp3) is 0.125. The third-order valence-electron chi connectivity index (χ3n) is 1.91. The fourth-order valence-corrected chi connectivity index (χ4v) is 1.39. The predicted octanol–water partition coefficient (Wildman–Crippen LogP) is 1.82. The Hall–Kier alpha value is -1.29. The molecule has 0 saturated heterocycles. The molecule has 0 fully saturated rings. The zero-order valence-corrected chi connectivity index (χ0v) is 7.48. The van der Waals surface area contributed by atoms with Crippen LogP contribution < -0.4 is 5.73 Å². The van der Waals surface area contributed by atoms with E-state index in [4.69, 9.17) is 18.0 Å². The van der Waals surface area contributed by atoms with Gasteiger partial charge in [0.2, 0.25) is 0 Å². The Balaban J connectivity index is 2.97. The van der Waals surface area contributed by atoms with Crippen molar-refractivity contribution in [3.05, 3.63) is 23.0 Å². The lowest BCUT2D eigenvalue weighted by atomic mass is 10.3. The Kier molecular flexibility index (Phi) is 1.44. The van der Waals surface area contributed by atoms with Gasteiger partial charge in [-0.1, -0.05) is 12.2 Å². The van der Waals surface area contributed by atoms with E-state index >= 15 is 0 Å². The number of nitrogen functional groups attached to an aromatic ring is 1. The molecule has 0 radical (unpaired) electrons. The van der Waals surface area contributed by atoms with E-state index in [9.17, 15) is 0 Å². The highest BCUT2D eigenvalue weighted by atomic mass is 32.1. The maximum Gasteiger partial charge on any atom is 0.128 e. The molecule has 0 atom stereocenters. The van der Waals surface area contributed by atoms with E-state index < -0.39 is 0 Å². The first kappa shape index (κ1) is 7.36. The maximum atomic E-state index is 5.65. The molecule has 3 nitrogen and oxygen atoms in total. The van der Waals surface area contributed by atoms with E-state index in [0.29, 0.717) is 10.3 Å². The number of H-pyrrole nitrogens is 1. The lowest BCUT2D eigenvalue weighted by Crippen LogP contribution is -1.92. The van der Waals surface area contributed by atoms with Crippen LogP contribution in [0.5, 0.6) is 0 Å². The van der Waals surface area contributed by atoms with Gasteiger partial charge in [-0.15, -0.1) is 0 Å². The number of nitrogens with zero attached hydrogens (tertiary/aromatic N) is 1. The molecule has 2 aromatic heterocycles. The molecule has 4 heteroatoms. The van der Waals surface area contributed by atoms with Gasteiger partial charge in [-0.25, -0.2) is 0 Å². The Morgan fingerprint density at radius 2 is 2.33 bits per heavy atom. The summed E-state index contributed by atoms with van der Waals surface area (Å²) in [7, 11) is 1.96. The Labute approximate surface area is 74.8 Å². The highest BCUT2D eigenvalue weighted by molar-refractivity contribution is 7.71. The number of nitrogens with one attached hydrogen (secondary N) is 1. The highest BCUT2D eigenvalue weighted by Gasteiger charge is 1.98. The second kappa shape index (κ2) is 2.35. The molecule has 0 unspecified atom stereocenters. The Bertz CT molecular complexity index is 480. The molecule has 12 heavy (non-hydrogen) atoms. The summed E-state index contributed by atoms with van der Waals surface area (Å²) < 4.78 is 2.58. The van der Waals surface area contributed by atoms with Crippen LogP contribution in [0.2, 0.25) is 0 Å². The van der Waals surface area contributed by atoms with Crippen LogP contribution in [0.4, 0.5) is 5.69 Å². The number of aryl methyl sites for hydroxylation is 1. The topological polar surface area (TPSA) is 46.7 Å². The van der Waals surface area contributed by atoms with E-state index in [1.807, 2.05) is 29.9 Å². The molecule has 0 spiro atoms. The lowest BCUT2D eigenvalue weighted by molar-refractivity contribution is 0.947. The molecule has 0 saturated carbocycles. The molecule has 3 N–H and O–H groups in total. The van der Waals surface area contributed by atoms with E-state index in [1.54, 1.807) is 0 Å². The smallest absolute Gasteiger partial charge is 0.128 e. The van der Waals surface area contributed by atoms with Crippen LogP contribution in [0, 0.1) is 4.64 Å². The first-order chi connectivity index (χ1) is 5.68. The summed E-state index contributed by atoms with van der Waals surface area (Å²) in [6.45, 7) is 0. The first-order valence-electron chi connectivity index (χ1n) is 3.62. The molecule has 0 bridgehead atoms. The van der Waals surface area contributed by atoms with Gasteiger partial charge in [0.05, 0.1) is 5.69 Å². The van der Waals surface area contributed by atoms with Crippen molar-refractivity contribution in [1.29, 1.82) is 0 Å². The largest absolute Gasteiger partial charge is 0.396 e. The van der Waals surface area contributed by atoms with Crippen molar-refractivity contribution in [1.82, 2.24) is 9.55 Å². The van der Waals surface area contributed by atoms with Crippen LogP contribution >= 0.6 is 12.2 Å². The molecule has 0 aliphatic heterocycles. The summed E-state index contributed by atoms with van der Waals surface area (Å²) in [5.41, 5.74) is 7.29. The van der Waals surface area contributed by atoms with Gasteiger partial charge in [-0.2, -0.15) is 0 Å². The van der Waals surface area contributed by atoms with Gasteiger partial charge >= 0.3 is 0 Å². The number of nitrogens with two attached hydrogens (primary N) is 1. The van der Waals surface area contributed by atoms with Crippen molar-refractivity contribution in [2.24, 2.45) is 7.05 Å². The monoisotopic (exact) mass is 179 g/mol. The number of pyridine rings is 1. The molecule has 2 rings (SSSR count). The van der Waals surface area contributed by atoms with Gasteiger partial charge in [-0.3, -0.25) is 0 Å². The zero-order chi connectivity index (χ0) is 8.72. The van der Waals surface area contributed by atoms with Gasteiger partial charge in [-0.05, 0) is 12.1 Å². The summed E-state index contributed by atoms with van der Waals surface area (Å²) in [4.78, 5) is 3.06. The third kappa shape index (κ3) is 0.921. The van der Waals surface area contributed by atoms with Crippen molar-refractivity contribution in [2.75, 3.05) is 5.73 Å². The van der Waals surface area contributed by atoms with Crippen LogP contribution in [0.25, 0.3) is 11.0 Å². The minimum absolute atomic E-state index is 0.601. The third-order valence-corrected chi connectivity index (χ3v) is 2.25. The standard InChI is InChI=1S/C8H9N3S/c1-11-3-2-5-4-6(9)8(12)10-7(5)11/h2-4H,9H2,1H3,(H,10,12). The fourth-order valence-electron chi connectivity index (χ4n) is 1.24. The summed E-state index contributed by atoms with van der Waals surface area (Å²) in [6, 6.07) is 3.88. The summed E-state index contributed by atoms with van der Waals surface area (Å²) in [6.07, 6.45) is 1.97. The molecule has 2 heterocycles. The van der Waals surface area contributed by atoms with Crippen molar-refractivity contribution >= 4 is 28.9 Å². The van der Waals surface area contributed by atoms with E-state index in [2.05, 4.69) is 4.98 Å². The molecule has 0 aromatic carbocycles. The average molecular weight is 179 g/mol. The van der Waals surface area contributed by atoms with Crippen LogP contribution in [-0.2, 0) is 7.05 Å². The number of hydrogen-bond acceptors (Lipinski definition) is 2. The molecule has 0 aliphatic carbocycles. The van der Waals surface area contributed by atoms with Gasteiger partial charge in [0.25, 0.3) is 0 Å². The quantitative estimate of drug-likeness (QED) is 0.606. The summed E-state index contributed by atoms with van der Waals surface area (Å²) in [5.74, 6) is 0. The number of aromatic amines is 1. The second-order valence-electron chi connectivity index (χ2n) is 2.78. The van der Waals surface area contributed by atoms with Gasteiger partial charge < -0.3 is 15.3 Å². The van der Waals surface area contributed by atoms with E-state index in [1.165, 1.54) is 0 Å². The van der Waals surface area contributed by atoms with Crippen LogP contribution in [0.15, 0.2) is 18.3 Å². The minimum atomic E-state index is 0.601. The minimum Gasteiger partial charge on any atom is -0.396 e. The predicted molar refractivity (Wildman–Crippen MR) is 52.5 cm³/mol. The normalized spacial score (nSPS) is 10.8. The van der Waals surface area contributed by atoms with Crippen LogP contribution in [0.1, 0.15) is 0 Å². The van der Waals surface area contributed by atoms with Crippen LogP contribution in [-0.4, -0.2) is 9.55 Å². The highest BCUT2D eigenvalue weighted by Crippen LogP contribution is 2.15. The maximum absolute atomic E-state index is 5.65. The second-order valence-corrected chi connectivity index (χ2v) is 3.19. The first-order valence-corrected chi connectivity index (χ1v) is 4.03. The van der Waals surface area contributed by atoms with E-state index in [-0.39, 0.29) is 0 Å². The average Bonchev–Trinajstić information content (AvgIpc) is 2.35. The SMILES string of the molecule is Cn1ccc2cc(N)c(=S)[nH]c21. The Morgan fingerprint density at radius 3 is 3.08 bits per heavy atom. The Morgan fingerprint density at radius 1 is 1.58 bits per heavy atom. The van der Waals surface area contributed by atoms with Gasteiger partial charge in [0.1, 0.15) is 10.3 Å². The number of anilines is 1. The summed E-state index contributed by atoms with van der Waals surface area (Å²) in [5, 5.41) is 1.09. The van der Waals surface area contributed by atoms with Crippen molar-refractivity contribution < 1.29 is 0 Å². The number of hydrogen-bond donors (Lipinski definition) is 2. The molecular weight excluding hydrogens is 170 g/mol. The van der Waals surface area contributed by atoms with Crippen LogP contribution in [0.3, 0.4) is 0 Å². The number of fused-ring (bicyclic) bond motifs is 1. The number of rotatable bonds is 0. The summed E-state index contributed by atoms with van der Waals surface area (Å²) >= 11 is 5.01. The van der Waals surface area contributed by atoms with Crippen molar-refractivity contribution in [3.8, 4) is 0 Å². The molecular formula is C8H9N3S. The number of aromatic nitrogens is 2.